The normalized spacial score (nSPS) is 14.2. The number of benzene rings is 1. The number of thiazole rings is 1. The summed E-state index contributed by atoms with van der Waals surface area (Å²) in [5, 5.41) is 14.6. The van der Waals surface area contributed by atoms with Crippen molar-refractivity contribution in [1.82, 2.24) is 9.88 Å². The number of rotatable bonds is 4. The Balaban J connectivity index is 1.52. The van der Waals surface area contributed by atoms with Gasteiger partial charge >= 0.3 is 6.09 Å². The number of phenols is 1. The number of amides is 2. The van der Waals surface area contributed by atoms with Gasteiger partial charge in [-0.25, -0.2) is 9.78 Å². The molecule has 3 rings (SSSR count). The molecule has 2 aromatic rings. The average molecular weight is 376 g/mol. The molecule has 0 aliphatic carbocycles. The van der Waals surface area contributed by atoms with Crippen LogP contribution in [-0.4, -0.2) is 60.3 Å². The lowest BCUT2D eigenvalue weighted by molar-refractivity contribution is -0.130. The van der Waals surface area contributed by atoms with Gasteiger partial charge in [0, 0.05) is 31.6 Å². The molecule has 1 fully saturated rings. The SMILES string of the molecule is COC(=O)Nc1nc(CC(=O)N2CCN(c3ccccc3O)CC2)cs1. The van der Waals surface area contributed by atoms with Crippen LogP contribution in [-0.2, 0) is 16.0 Å². The Hall–Kier alpha value is -2.81. The number of nitrogens with zero attached hydrogens (tertiary/aromatic N) is 3. The monoisotopic (exact) mass is 376 g/mol. The van der Waals surface area contributed by atoms with Crippen LogP contribution in [0.3, 0.4) is 0 Å². The predicted molar refractivity (Wildman–Crippen MR) is 98.7 cm³/mol. The van der Waals surface area contributed by atoms with Crippen LogP contribution in [0.1, 0.15) is 5.69 Å². The third kappa shape index (κ3) is 4.23. The molecule has 138 valence electrons. The lowest BCUT2D eigenvalue weighted by atomic mass is 10.2. The molecule has 1 saturated heterocycles. The summed E-state index contributed by atoms with van der Waals surface area (Å²) in [6.07, 6.45) is -0.395. The standard InChI is InChI=1S/C17H20N4O4S/c1-25-17(24)19-16-18-12(11-26-16)10-15(23)21-8-6-20(7-9-21)13-4-2-3-5-14(13)22/h2-5,11,22H,6-10H2,1H3,(H,18,19,24). The second kappa shape index (κ2) is 8.05. The third-order valence-electron chi connectivity index (χ3n) is 4.13. The Bertz CT molecular complexity index is 787. The van der Waals surface area contributed by atoms with Crippen LogP contribution in [0.5, 0.6) is 5.75 Å². The van der Waals surface area contributed by atoms with Crippen molar-refractivity contribution in [2.45, 2.75) is 6.42 Å². The first-order valence-electron chi connectivity index (χ1n) is 8.17. The summed E-state index contributed by atoms with van der Waals surface area (Å²) in [7, 11) is 1.28. The Morgan fingerprint density at radius 3 is 2.69 bits per heavy atom. The van der Waals surface area contributed by atoms with E-state index in [0.717, 1.165) is 5.69 Å². The van der Waals surface area contributed by atoms with E-state index in [2.05, 4.69) is 19.9 Å². The van der Waals surface area contributed by atoms with E-state index in [-0.39, 0.29) is 18.1 Å². The van der Waals surface area contributed by atoms with E-state index in [4.69, 9.17) is 0 Å². The van der Waals surface area contributed by atoms with E-state index in [9.17, 15) is 14.7 Å². The van der Waals surface area contributed by atoms with Crippen LogP contribution in [0.2, 0.25) is 0 Å². The topological polar surface area (TPSA) is 95.0 Å². The van der Waals surface area contributed by atoms with Crippen molar-refractivity contribution in [2.75, 3.05) is 43.5 Å². The van der Waals surface area contributed by atoms with E-state index in [0.29, 0.717) is 37.0 Å². The van der Waals surface area contributed by atoms with Gasteiger partial charge in [0.1, 0.15) is 5.75 Å². The van der Waals surface area contributed by atoms with Crippen LogP contribution in [0, 0.1) is 0 Å². The number of nitrogens with one attached hydrogen (secondary N) is 1. The van der Waals surface area contributed by atoms with Gasteiger partial charge in [-0.2, -0.15) is 0 Å². The molecule has 1 aliphatic rings. The molecule has 1 aliphatic heterocycles. The highest BCUT2D eigenvalue weighted by atomic mass is 32.1. The minimum Gasteiger partial charge on any atom is -0.506 e. The maximum Gasteiger partial charge on any atom is 0.413 e. The molecule has 2 N–H and O–H groups in total. The number of carbonyl (C=O) groups excluding carboxylic acids is 2. The molecule has 0 bridgehead atoms. The van der Waals surface area contributed by atoms with Gasteiger partial charge in [-0.1, -0.05) is 12.1 Å². The van der Waals surface area contributed by atoms with Crippen LogP contribution in [0.4, 0.5) is 15.6 Å². The van der Waals surface area contributed by atoms with Gasteiger partial charge in [-0.05, 0) is 12.1 Å². The fraction of sp³-hybridized carbons (Fsp3) is 0.353. The molecule has 8 nitrogen and oxygen atoms in total. The number of aromatic hydroxyl groups is 1. The molecule has 2 amide bonds. The summed E-state index contributed by atoms with van der Waals surface area (Å²) >= 11 is 1.25. The van der Waals surface area contributed by atoms with Crippen molar-refractivity contribution in [1.29, 1.82) is 0 Å². The number of carbonyl (C=O) groups is 2. The summed E-state index contributed by atoms with van der Waals surface area (Å²) < 4.78 is 4.51. The largest absolute Gasteiger partial charge is 0.506 e. The number of anilines is 2. The summed E-state index contributed by atoms with van der Waals surface area (Å²) in [5.41, 5.74) is 1.41. The van der Waals surface area contributed by atoms with Crippen LogP contribution in [0.25, 0.3) is 0 Å². The Morgan fingerprint density at radius 2 is 2.00 bits per heavy atom. The van der Waals surface area contributed by atoms with E-state index in [1.54, 1.807) is 22.4 Å². The zero-order chi connectivity index (χ0) is 18.5. The van der Waals surface area contributed by atoms with Crippen LogP contribution >= 0.6 is 11.3 Å². The van der Waals surface area contributed by atoms with E-state index < -0.39 is 6.09 Å². The number of ether oxygens (including phenoxy) is 1. The minimum absolute atomic E-state index is 0.00292. The van der Waals surface area contributed by atoms with Crippen molar-refractivity contribution < 1.29 is 19.4 Å². The zero-order valence-corrected chi connectivity index (χ0v) is 15.2. The number of hydrogen-bond acceptors (Lipinski definition) is 7. The quantitative estimate of drug-likeness (QED) is 0.847. The van der Waals surface area contributed by atoms with Crippen molar-refractivity contribution in [3.8, 4) is 5.75 Å². The smallest absolute Gasteiger partial charge is 0.413 e. The highest BCUT2D eigenvalue weighted by Crippen LogP contribution is 2.27. The highest BCUT2D eigenvalue weighted by molar-refractivity contribution is 7.13. The van der Waals surface area contributed by atoms with E-state index in [1.807, 2.05) is 12.1 Å². The molecule has 0 saturated carbocycles. The maximum atomic E-state index is 12.5. The summed E-state index contributed by atoms with van der Waals surface area (Å²) in [6, 6.07) is 7.21. The van der Waals surface area contributed by atoms with Gasteiger partial charge in [0.05, 0.1) is 24.9 Å². The van der Waals surface area contributed by atoms with Crippen molar-refractivity contribution in [2.24, 2.45) is 0 Å². The number of para-hydroxylation sites is 2. The molecule has 9 heteroatoms. The fourth-order valence-corrected chi connectivity index (χ4v) is 3.47. The molecule has 0 unspecified atom stereocenters. The third-order valence-corrected chi connectivity index (χ3v) is 4.94. The van der Waals surface area contributed by atoms with Gasteiger partial charge in [0.15, 0.2) is 5.13 Å². The average Bonchev–Trinajstić information content (AvgIpc) is 3.09. The Morgan fingerprint density at radius 1 is 1.27 bits per heavy atom. The van der Waals surface area contributed by atoms with E-state index in [1.165, 1.54) is 18.4 Å². The highest BCUT2D eigenvalue weighted by Gasteiger charge is 2.23. The second-order valence-electron chi connectivity index (χ2n) is 5.79. The van der Waals surface area contributed by atoms with Gasteiger partial charge in [0.2, 0.25) is 5.91 Å². The number of aromatic nitrogens is 1. The molecule has 0 atom stereocenters. The molecule has 2 heterocycles. The van der Waals surface area contributed by atoms with Gasteiger partial charge in [0.25, 0.3) is 0 Å². The molecule has 0 spiro atoms. The number of piperazine rings is 1. The number of methoxy groups -OCH3 is 1. The van der Waals surface area contributed by atoms with Gasteiger partial charge in [-0.3, -0.25) is 10.1 Å². The van der Waals surface area contributed by atoms with Crippen molar-refractivity contribution in [3.05, 3.63) is 35.3 Å². The van der Waals surface area contributed by atoms with Crippen molar-refractivity contribution >= 4 is 34.2 Å². The fourth-order valence-electron chi connectivity index (χ4n) is 2.78. The van der Waals surface area contributed by atoms with E-state index >= 15 is 0 Å². The lowest BCUT2D eigenvalue weighted by Gasteiger charge is -2.36. The first kappa shape index (κ1) is 18.0. The summed E-state index contributed by atoms with van der Waals surface area (Å²) in [5.74, 6) is 0.247. The molecule has 26 heavy (non-hydrogen) atoms. The Kier molecular flexibility index (Phi) is 5.57. The lowest BCUT2D eigenvalue weighted by Crippen LogP contribution is -2.49. The summed E-state index contributed by atoms with van der Waals surface area (Å²) in [4.78, 5) is 31.7. The molecular weight excluding hydrogens is 356 g/mol. The van der Waals surface area contributed by atoms with Crippen LogP contribution < -0.4 is 10.2 Å². The Labute approximate surface area is 155 Å². The number of phenolic OH excluding ortho intramolecular Hbond substituents is 1. The molecule has 1 aromatic carbocycles. The molecule has 0 radical (unpaired) electrons. The maximum absolute atomic E-state index is 12.5. The van der Waals surface area contributed by atoms with Crippen molar-refractivity contribution in [3.63, 3.8) is 0 Å². The van der Waals surface area contributed by atoms with Gasteiger partial charge < -0.3 is 19.6 Å². The van der Waals surface area contributed by atoms with Crippen LogP contribution in [0.15, 0.2) is 29.6 Å². The van der Waals surface area contributed by atoms with Gasteiger partial charge in [-0.15, -0.1) is 11.3 Å². The minimum atomic E-state index is -0.586. The zero-order valence-electron chi connectivity index (χ0n) is 14.3. The second-order valence-corrected chi connectivity index (χ2v) is 6.65. The first-order valence-corrected chi connectivity index (χ1v) is 9.05. The first-order chi connectivity index (χ1) is 12.6. The predicted octanol–water partition coefficient (Wildman–Crippen LogP) is 1.92. The molecule has 1 aromatic heterocycles. The summed E-state index contributed by atoms with van der Waals surface area (Å²) in [6.45, 7) is 2.50. The number of hydrogen-bond donors (Lipinski definition) is 2. The molecular formula is C17H20N4O4S.